The topological polar surface area (TPSA) is 41.6 Å². The van der Waals surface area contributed by atoms with Crippen molar-refractivity contribution in [1.82, 2.24) is 5.32 Å². The summed E-state index contributed by atoms with van der Waals surface area (Å²) in [4.78, 5) is 14.2. The van der Waals surface area contributed by atoms with Crippen LogP contribution in [0.2, 0.25) is 0 Å². The second kappa shape index (κ2) is 9.47. The van der Waals surface area contributed by atoms with Gasteiger partial charge < -0.3 is 15.0 Å². The summed E-state index contributed by atoms with van der Waals surface area (Å²) < 4.78 is 6.56. The SMILES string of the molecule is CCN(CC)c1ccc(CNC(=O)COc2ccc(Br)c(C)c2)cc1. The molecule has 1 amide bonds. The third-order valence-electron chi connectivity index (χ3n) is 4.05. The van der Waals surface area contributed by atoms with E-state index in [2.05, 4.69) is 52.1 Å². The summed E-state index contributed by atoms with van der Waals surface area (Å²) in [6.45, 7) is 8.76. The number of hydrogen-bond acceptors (Lipinski definition) is 3. The van der Waals surface area contributed by atoms with Gasteiger partial charge in [0, 0.05) is 29.8 Å². The van der Waals surface area contributed by atoms with Gasteiger partial charge in [-0.15, -0.1) is 0 Å². The standard InChI is InChI=1S/C20H25BrN2O2/c1-4-23(5-2)17-8-6-16(7-9-17)13-22-20(24)14-25-18-10-11-19(21)15(3)12-18/h6-12H,4-5,13-14H2,1-3H3,(H,22,24). The largest absolute Gasteiger partial charge is 0.484 e. The van der Waals surface area contributed by atoms with E-state index in [4.69, 9.17) is 4.74 Å². The predicted molar refractivity (Wildman–Crippen MR) is 106 cm³/mol. The van der Waals surface area contributed by atoms with E-state index in [0.717, 1.165) is 28.7 Å². The maximum absolute atomic E-state index is 12.0. The van der Waals surface area contributed by atoms with Gasteiger partial charge in [0.25, 0.3) is 5.91 Å². The number of carbonyl (C=O) groups is 1. The molecule has 0 aliphatic heterocycles. The lowest BCUT2D eigenvalue weighted by Crippen LogP contribution is -2.28. The van der Waals surface area contributed by atoms with Gasteiger partial charge in [0.15, 0.2) is 6.61 Å². The Kier molecular flexibility index (Phi) is 7.31. The zero-order chi connectivity index (χ0) is 18.2. The van der Waals surface area contributed by atoms with E-state index in [-0.39, 0.29) is 12.5 Å². The van der Waals surface area contributed by atoms with Crippen molar-refractivity contribution in [2.45, 2.75) is 27.3 Å². The van der Waals surface area contributed by atoms with Crippen molar-refractivity contribution < 1.29 is 9.53 Å². The van der Waals surface area contributed by atoms with E-state index in [1.54, 1.807) is 0 Å². The minimum atomic E-state index is -0.131. The highest BCUT2D eigenvalue weighted by Gasteiger charge is 2.05. The molecule has 1 N–H and O–H groups in total. The maximum atomic E-state index is 12.0. The number of rotatable bonds is 8. The van der Waals surface area contributed by atoms with E-state index in [1.807, 2.05) is 37.3 Å². The second-order valence-corrected chi connectivity index (χ2v) is 6.67. The van der Waals surface area contributed by atoms with Gasteiger partial charge >= 0.3 is 0 Å². The molecule has 0 saturated carbocycles. The van der Waals surface area contributed by atoms with E-state index in [1.165, 1.54) is 5.69 Å². The number of benzene rings is 2. The normalized spacial score (nSPS) is 10.4. The number of carbonyl (C=O) groups excluding carboxylic acids is 1. The molecule has 0 aliphatic carbocycles. The van der Waals surface area contributed by atoms with Crippen LogP contribution >= 0.6 is 15.9 Å². The Balaban J connectivity index is 1.80. The Bertz CT molecular complexity index is 697. The summed E-state index contributed by atoms with van der Waals surface area (Å²) in [6, 6.07) is 13.9. The average molecular weight is 405 g/mol. The van der Waals surface area contributed by atoms with Crippen molar-refractivity contribution in [3.63, 3.8) is 0 Å². The molecule has 0 unspecified atom stereocenters. The molecule has 2 rings (SSSR count). The van der Waals surface area contributed by atoms with Gasteiger partial charge in [-0.3, -0.25) is 4.79 Å². The third kappa shape index (κ3) is 5.78. The minimum absolute atomic E-state index is 0.0125. The lowest BCUT2D eigenvalue weighted by atomic mass is 10.2. The molecule has 0 bridgehead atoms. The Labute approximate surface area is 158 Å². The molecule has 0 radical (unpaired) electrons. The fourth-order valence-electron chi connectivity index (χ4n) is 2.52. The summed E-state index contributed by atoms with van der Waals surface area (Å²) in [5, 5.41) is 2.89. The molecule has 0 fully saturated rings. The van der Waals surface area contributed by atoms with Gasteiger partial charge in [0.1, 0.15) is 5.75 Å². The highest BCUT2D eigenvalue weighted by molar-refractivity contribution is 9.10. The van der Waals surface area contributed by atoms with Crippen LogP contribution in [0.1, 0.15) is 25.0 Å². The van der Waals surface area contributed by atoms with Gasteiger partial charge in [-0.05, 0) is 62.2 Å². The molecule has 134 valence electrons. The van der Waals surface area contributed by atoms with Crippen LogP contribution in [0, 0.1) is 6.92 Å². The Morgan fingerprint density at radius 2 is 1.80 bits per heavy atom. The van der Waals surface area contributed by atoms with Crippen LogP contribution in [0.3, 0.4) is 0 Å². The Hall–Kier alpha value is -2.01. The number of aryl methyl sites for hydroxylation is 1. The summed E-state index contributed by atoms with van der Waals surface area (Å²) in [7, 11) is 0. The molecular formula is C20H25BrN2O2. The lowest BCUT2D eigenvalue weighted by Gasteiger charge is -2.21. The van der Waals surface area contributed by atoms with Gasteiger partial charge in [-0.25, -0.2) is 0 Å². The summed E-state index contributed by atoms with van der Waals surface area (Å²) in [5.41, 5.74) is 3.35. The molecule has 0 atom stereocenters. The first-order valence-corrected chi connectivity index (χ1v) is 9.32. The third-order valence-corrected chi connectivity index (χ3v) is 4.94. The number of amides is 1. The first-order chi connectivity index (χ1) is 12.0. The molecule has 2 aromatic carbocycles. The van der Waals surface area contributed by atoms with Crippen LogP contribution in [0.25, 0.3) is 0 Å². The second-order valence-electron chi connectivity index (χ2n) is 5.82. The molecule has 0 aliphatic rings. The van der Waals surface area contributed by atoms with E-state index >= 15 is 0 Å². The summed E-state index contributed by atoms with van der Waals surface area (Å²) in [6.07, 6.45) is 0. The molecule has 4 nitrogen and oxygen atoms in total. The van der Waals surface area contributed by atoms with Crippen molar-refractivity contribution >= 4 is 27.5 Å². The number of nitrogens with zero attached hydrogens (tertiary/aromatic N) is 1. The zero-order valence-electron chi connectivity index (χ0n) is 15.0. The minimum Gasteiger partial charge on any atom is -0.484 e. The van der Waals surface area contributed by atoms with E-state index < -0.39 is 0 Å². The van der Waals surface area contributed by atoms with Crippen molar-refractivity contribution in [3.05, 3.63) is 58.1 Å². The van der Waals surface area contributed by atoms with Gasteiger partial charge in [0.2, 0.25) is 0 Å². The van der Waals surface area contributed by atoms with Crippen LogP contribution in [-0.4, -0.2) is 25.6 Å². The van der Waals surface area contributed by atoms with Crippen LogP contribution in [0.4, 0.5) is 5.69 Å². The molecule has 0 saturated heterocycles. The molecule has 0 spiro atoms. The molecule has 2 aromatic rings. The van der Waals surface area contributed by atoms with Gasteiger partial charge in [-0.2, -0.15) is 0 Å². The first kappa shape index (κ1) is 19.3. The van der Waals surface area contributed by atoms with E-state index in [9.17, 15) is 4.79 Å². The quantitative estimate of drug-likeness (QED) is 0.712. The summed E-state index contributed by atoms with van der Waals surface area (Å²) in [5.74, 6) is 0.563. The van der Waals surface area contributed by atoms with Crippen molar-refractivity contribution in [2.75, 3.05) is 24.6 Å². The maximum Gasteiger partial charge on any atom is 0.258 e. The number of ether oxygens (including phenoxy) is 1. The highest BCUT2D eigenvalue weighted by Crippen LogP contribution is 2.21. The molecule has 25 heavy (non-hydrogen) atoms. The number of nitrogens with one attached hydrogen (secondary N) is 1. The lowest BCUT2D eigenvalue weighted by molar-refractivity contribution is -0.123. The Morgan fingerprint density at radius 1 is 1.12 bits per heavy atom. The number of hydrogen-bond donors (Lipinski definition) is 1. The van der Waals surface area contributed by atoms with Crippen LogP contribution < -0.4 is 15.0 Å². The number of anilines is 1. The smallest absolute Gasteiger partial charge is 0.258 e. The molecule has 0 aromatic heterocycles. The van der Waals surface area contributed by atoms with Crippen molar-refractivity contribution in [1.29, 1.82) is 0 Å². The van der Waals surface area contributed by atoms with Gasteiger partial charge in [0.05, 0.1) is 0 Å². The fraction of sp³-hybridized carbons (Fsp3) is 0.350. The predicted octanol–water partition coefficient (Wildman–Crippen LogP) is 4.30. The van der Waals surface area contributed by atoms with Crippen LogP contribution in [0.5, 0.6) is 5.75 Å². The monoisotopic (exact) mass is 404 g/mol. The van der Waals surface area contributed by atoms with Crippen molar-refractivity contribution in [3.8, 4) is 5.75 Å². The highest BCUT2D eigenvalue weighted by atomic mass is 79.9. The molecule has 5 heteroatoms. The fourth-order valence-corrected chi connectivity index (χ4v) is 2.77. The van der Waals surface area contributed by atoms with E-state index in [0.29, 0.717) is 12.3 Å². The Morgan fingerprint density at radius 3 is 2.40 bits per heavy atom. The van der Waals surface area contributed by atoms with Crippen LogP contribution in [0.15, 0.2) is 46.9 Å². The molecule has 0 heterocycles. The van der Waals surface area contributed by atoms with Gasteiger partial charge in [-0.1, -0.05) is 28.1 Å². The first-order valence-electron chi connectivity index (χ1n) is 8.53. The average Bonchev–Trinajstić information content (AvgIpc) is 2.63. The molecular weight excluding hydrogens is 380 g/mol. The van der Waals surface area contributed by atoms with Crippen LogP contribution in [-0.2, 0) is 11.3 Å². The number of halogens is 1. The summed E-state index contributed by atoms with van der Waals surface area (Å²) >= 11 is 3.45. The van der Waals surface area contributed by atoms with Crippen molar-refractivity contribution in [2.24, 2.45) is 0 Å². The zero-order valence-corrected chi connectivity index (χ0v) is 16.6.